The highest BCUT2D eigenvalue weighted by Gasteiger charge is 2.70. The molecule has 0 bridgehead atoms. The van der Waals surface area contributed by atoms with Gasteiger partial charge in [-0.05, 0) is 0 Å². The van der Waals surface area contributed by atoms with Gasteiger partial charge < -0.3 is 0 Å². The Morgan fingerprint density at radius 3 is 0.591 bits per heavy atom. The standard InChI is InChI=1S/C18H18F21O4P/c19-7(20)1-13(2-8(21)22,16(31,32)33)41-44(40,42-14(3-9(23)24,4-10(25)26)17(34,35)36)43-15(5-11(27)28,6-12(29)30)18(37,38)39/h7-12H,1-6H2. The number of halogens is 21. The van der Waals surface area contributed by atoms with E-state index in [-0.39, 0.29) is 0 Å². The number of hydrogen-bond donors (Lipinski definition) is 0. The summed E-state index contributed by atoms with van der Waals surface area (Å²) in [5, 5.41) is 0. The first-order valence-electron chi connectivity index (χ1n) is 11.0. The number of phosphoric ester groups is 1. The quantitative estimate of drug-likeness (QED) is 0.104. The molecule has 0 heterocycles. The smallest absolute Gasteiger partial charge is 0.270 e. The van der Waals surface area contributed by atoms with Crippen LogP contribution in [-0.4, -0.2) is 73.9 Å². The van der Waals surface area contributed by atoms with Crippen molar-refractivity contribution in [2.24, 2.45) is 0 Å². The molecule has 0 saturated heterocycles. The second kappa shape index (κ2) is 15.0. The Morgan fingerprint density at radius 1 is 0.364 bits per heavy atom. The molecule has 0 rings (SSSR count). The first kappa shape index (κ1) is 42.6. The zero-order chi connectivity index (χ0) is 35.3. The summed E-state index contributed by atoms with van der Waals surface area (Å²) in [4.78, 5) is 0. The van der Waals surface area contributed by atoms with Gasteiger partial charge in [0.05, 0.1) is 0 Å². The summed E-state index contributed by atoms with van der Waals surface area (Å²) < 4.78 is 305. The fraction of sp³-hybridized carbons (Fsp3) is 1.00. The van der Waals surface area contributed by atoms with Crippen LogP contribution in [0.1, 0.15) is 38.5 Å². The van der Waals surface area contributed by atoms with E-state index in [9.17, 15) is 96.8 Å². The van der Waals surface area contributed by atoms with E-state index >= 15 is 0 Å². The average molecular weight is 728 g/mol. The molecule has 0 radical (unpaired) electrons. The molecule has 26 heteroatoms. The van der Waals surface area contributed by atoms with Crippen LogP contribution >= 0.6 is 7.82 Å². The third-order valence-electron chi connectivity index (χ3n) is 5.31. The monoisotopic (exact) mass is 728 g/mol. The van der Waals surface area contributed by atoms with Gasteiger partial charge in [-0.2, -0.15) is 39.5 Å². The largest absolute Gasteiger partial charge is 0.477 e. The van der Waals surface area contributed by atoms with E-state index in [1.165, 1.54) is 0 Å². The zero-order valence-electron chi connectivity index (χ0n) is 20.7. The van der Waals surface area contributed by atoms with Gasteiger partial charge in [-0.1, -0.05) is 0 Å². The molecule has 0 atom stereocenters. The van der Waals surface area contributed by atoms with Crippen molar-refractivity contribution in [3.8, 4) is 0 Å². The Bertz CT molecular complexity index is 772. The summed E-state index contributed by atoms with van der Waals surface area (Å²) in [5.74, 6) is 0. The van der Waals surface area contributed by atoms with Gasteiger partial charge in [0, 0.05) is 38.5 Å². The fourth-order valence-electron chi connectivity index (χ4n) is 3.52. The van der Waals surface area contributed by atoms with Gasteiger partial charge in [-0.25, -0.2) is 57.3 Å². The van der Waals surface area contributed by atoms with Crippen molar-refractivity contribution in [1.82, 2.24) is 0 Å². The van der Waals surface area contributed by atoms with E-state index in [1.807, 2.05) is 0 Å². The van der Waals surface area contributed by atoms with Crippen LogP contribution < -0.4 is 0 Å². The highest BCUT2D eigenvalue weighted by Crippen LogP contribution is 2.67. The first-order chi connectivity index (χ1) is 19.4. The van der Waals surface area contributed by atoms with E-state index in [1.54, 1.807) is 0 Å². The van der Waals surface area contributed by atoms with Crippen LogP contribution in [0.15, 0.2) is 0 Å². The molecule has 0 N–H and O–H groups in total. The molecule has 0 spiro atoms. The highest BCUT2D eigenvalue weighted by atomic mass is 31.2. The first-order valence-corrected chi connectivity index (χ1v) is 12.4. The second-order valence-corrected chi connectivity index (χ2v) is 10.2. The molecule has 0 aliphatic carbocycles. The van der Waals surface area contributed by atoms with Gasteiger partial charge in [0.15, 0.2) is 16.8 Å². The van der Waals surface area contributed by atoms with Crippen LogP contribution in [0.3, 0.4) is 0 Å². The minimum absolute atomic E-state index is 3.29. The molecule has 0 aromatic carbocycles. The van der Waals surface area contributed by atoms with Gasteiger partial charge >= 0.3 is 26.4 Å². The SMILES string of the molecule is O=P(OC(CC(F)F)(CC(F)F)C(F)(F)F)(OC(CC(F)F)(CC(F)F)C(F)(F)F)OC(CC(F)F)(CC(F)F)C(F)(F)F. The van der Waals surface area contributed by atoms with Crippen LogP contribution in [0.4, 0.5) is 92.2 Å². The average Bonchev–Trinajstić information content (AvgIpc) is 2.67. The molecule has 0 unspecified atom stereocenters. The molecule has 0 aromatic rings. The molecule has 0 saturated carbocycles. The highest BCUT2D eigenvalue weighted by molar-refractivity contribution is 7.48. The lowest BCUT2D eigenvalue weighted by molar-refractivity contribution is -0.309. The maximum Gasteiger partial charge on any atom is 0.477 e. The maximum absolute atomic E-state index is 13.9. The van der Waals surface area contributed by atoms with Crippen molar-refractivity contribution < 1.29 is 110 Å². The molecule has 266 valence electrons. The van der Waals surface area contributed by atoms with Crippen molar-refractivity contribution in [2.45, 2.75) is 112 Å². The summed E-state index contributed by atoms with van der Waals surface area (Å²) in [6.45, 7) is 0. The van der Waals surface area contributed by atoms with Crippen molar-refractivity contribution >= 4 is 7.82 Å². The lowest BCUT2D eigenvalue weighted by Gasteiger charge is -2.44. The third-order valence-corrected chi connectivity index (χ3v) is 7.03. The van der Waals surface area contributed by atoms with E-state index in [0.717, 1.165) is 0 Å². The van der Waals surface area contributed by atoms with E-state index in [0.29, 0.717) is 0 Å². The summed E-state index contributed by atoms with van der Waals surface area (Å²) >= 11 is 0. The summed E-state index contributed by atoms with van der Waals surface area (Å²) in [6, 6.07) is 0. The minimum atomic E-state index is -8.37. The Morgan fingerprint density at radius 2 is 0.500 bits per heavy atom. The lowest BCUT2D eigenvalue weighted by atomic mass is 9.95. The fourth-order valence-corrected chi connectivity index (χ4v) is 5.67. The molecule has 0 aliphatic heterocycles. The molecule has 0 aliphatic rings. The summed E-state index contributed by atoms with van der Waals surface area (Å²) in [5.41, 5.74) is -17.1. The molecule has 44 heavy (non-hydrogen) atoms. The third kappa shape index (κ3) is 11.8. The number of hydrogen-bond acceptors (Lipinski definition) is 4. The van der Waals surface area contributed by atoms with Crippen molar-refractivity contribution in [1.29, 1.82) is 0 Å². The normalized spacial score (nSPS) is 15.2. The van der Waals surface area contributed by atoms with Gasteiger partial charge in [0.2, 0.25) is 38.6 Å². The predicted octanol–water partition coefficient (Wildman–Crippen LogP) is 9.98. The lowest BCUT2D eigenvalue weighted by Crippen LogP contribution is -2.55. The van der Waals surface area contributed by atoms with Crippen LogP contribution in [0.5, 0.6) is 0 Å². The number of rotatable bonds is 18. The van der Waals surface area contributed by atoms with Gasteiger partial charge in [-0.15, -0.1) is 0 Å². The topological polar surface area (TPSA) is 44.8 Å². The Kier molecular flexibility index (Phi) is 14.6. The molecule has 0 amide bonds. The van der Waals surface area contributed by atoms with Crippen LogP contribution in [0.25, 0.3) is 0 Å². The van der Waals surface area contributed by atoms with Gasteiger partial charge in [-0.3, -0.25) is 13.6 Å². The van der Waals surface area contributed by atoms with Gasteiger partial charge in [0.1, 0.15) is 0 Å². The molecular weight excluding hydrogens is 710 g/mol. The van der Waals surface area contributed by atoms with Crippen LogP contribution in [0, 0.1) is 0 Å². The Balaban J connectivity index is 8.05. The van der Waals surface area contributed by atoms with Gasteiger partial charge in [0.25, 0.3) is 0 Å². The van der Waals surface area contributed by atoms with Crippen molar-refractivity contribution in [2.75, 3.05) is 0 Å². The van der Waals surface area contributed by atoms with Crippen LogP contribution in [-0.2, 0) is 18.1 Å². The Labute approximate surface area is 231 Å². The van der Waals surface area contributed by atoms with E-state index in [4.69, 9.17) is 0 Å². The molecule has 4 nitrogen and oxygen atoms in total. The number of alkyl halides is 21. The van der Waals surface area contributed by atoms with Crippen molar-refractivity contribution in [3.63, 3.8) is 0 Å². The zero-order valence-corrected chi connectivity index (χ0v) is 21.6. The van der Waals surface area contributed by atoms with Crippen molar-refractivity contribution in [3.05, 3.63) is 0 Å². The van der Waals surface area contributed by atoms with E-state index in [2.05, 4.69) is 13.6 Å². The number of phosphoric acid groups is 1. The molecule has 0 aromatic heterocycles. The molecular formula is C18H18F21O4P. The molecule has 0 fully saturated rings. The van der Waals surface area contributed by atoms with Crippen LogP contribution in [0.2, 0.25) is 0 Å². The maximum atomic E-state index is 13.9. The summed E-state index contributed by atoms with van der Waals surface area (Å²) in [7, 11) is -8.37. The second-order valence-electron chi connectivity index (χ2n) is 8.77. The predicted molar refractivity (Wildman–Crippen MR) is 101 cm³/mol. The minimum Gasteiger partial charge on any atom is -0.270 e. The summed E-state index contributed by atoms with van der Waals surface area (Å²) in [6.07, 6.45) is -68.4. The Hall–Kier alpha value is -1.36. The van der Waals surface area contributed by atoms with E-state index < -0.39 is 120 Å².